The average molecular weight is 197 g/mol. The lowest BCUT2D eigenvalue weighted by Gasteiger charge is -2.38. The minimum Gasteiger partial charge on any atom is -0.346 e. The Morgan fingerprint density at radius 3 is 2.86 bits per heavy atom. The van der Waals surface area contributed by atoms with Crippen LogP contribution in [0.15, 0.2) is 12.7 Å². The topological polar surface area (TPSA) is 21.7 Å². The normalized spacial score (nSPS) is 26.9. The summed E-state index contributed by atoms with van der Waals surface area (Å²) in [6.45, 7) is 8.45. The van der Waals surface area contributed by atoms with Gasteiger partial charge in [-0.2, -0.15) is 0 Å². The van der Waals surface area contributed by atoms with E-state index in [0.717, 1.165) is 39.1 Å². The van der Waals surface area contributed by atoms with Gasteiger partial charge in [0.1, 0.15) is 0 Å². The predicted octanol–water partition coefficient (Wildman–Crippen LogP) is 1.40. The van der Waals surface area contributed by atoms with Gasteiger partial charge in [-0.25, -0.2) is 0 Å². The Kier molecular flexibility index (Phi) is 3.21. The van der Waals surface area contributed by atoms with Crippen LogP contribution in [0.1, 0.15) is 19.3 Å². The fraction of sp³-hybridized carbons (Fsp3) is 0.818. The van der Waals surface area contributed by atoms with E-state index in [4.69, 9.17) is 9.47 Å². The zero-order valence-corrected chi connectivity index (χ0v) is 8.71. The first-order valence-electron chi connectivity index (χ1n) is 5.46. The van der Waals surface area contributed by atoms with Gasteiger partial charge >= 0.3 is 0 Å². The van der Waals surface area contributed by atoms with Crippen LogP contribution >= 0.6 is 0 Å². The maximum absolute atomic E-state index is 5.70. The zero-order chi connectivity index (χ0) is 9.86. The van der Waals surface area contributed by atoms with Crippen LogP contribution in [0.4, 0.5) is 0 Å². The van der Waals surface area contributed by atoms with Crippen molar-refractivity contribution >= 4 is 0 Å². The predicted molar refractivity (Wildman–Crippen MR) is 55.1 cm³/mol. The first-order chi connectivity index (χ1) is 6.85. The first-order valence-corrected chi connectivity index (χ1v) is 5.46. The molecule has 2 fully saturated rings. The van der Waals surface area contributed by atoms with Gasteiger partial charge in [0.2, 0.25) is 0 Å². The van der Waals surface area contributed by atoms with Gasteiger partial charge in [0.15, 0.2) is 5.79 Å². The molecule has 0 atom stereocenters. The van der Waals surface area contributed by atoms with Crippen LogP contribution in [0.25, 0.3) is 0 Å². The van der Waals surface area contributed by atoms with Gasteiger partial charge in [-0.05, 0) is 19.4 Å². The Balaban J connectivity index is 1.86. The van der Waals surface area contributed by atoms with Crippen LogP contribution in [0.5, 0.6) is 0 Å². The summed E-state index contributed by atoms with van der Waals surface area (Å²) in [5.41, 5.74) is 0. The van der Waals surface area contributed by atoms with E-state index in [1.807, 2.05) is 6.08 Å². The van der Waals surface area contributed by atoms with Crippen molar-refractivity contribution in [2.24, 2.45) is 0 Å². The molecule has 2 aliphatic heterocycles. The molecule has 0 aliphatic carbocycles. The number of ether oxygens (including phenoxy) is 2. The molecule has 2 rings (SSSR count). The molecular formula is C11H19NO2. The molecule has 0 saturated carbocycles. The molecule has 3 nitrogen and oxygen atoms in total. The highest BCUT2D eigenvalue weighted by Crippen LogP contribution is 2.29. The molecule has 0 aromatic rings. The van der Waals surface area contributed by atoms with Crippen LogP contribution in [-0.4, -0.2) is 43.5 Å². The van der Waals surface area contributed by atoms with Crippen molar-refractivity contribution in [1.82, 2.24) is 4.90 Å². The SMILES string of the molecule is C=CCCN1CCCC2(C1)OCCO2. The summed E-state index contributed by atoms with van der Waals surface area (Å²) in [7, 11) is 0. The van der Waals surface area contributed by atoms with E-state index in [1.165, 1.54) is 13.0 Å². The van der Waals surface area contributed by atoms with Gasteiger partial charge in [0.05, 0.1) is 19.8 Å². The van der Waals surface area contributed by atoms with Crippen molar-refractivity contribution in [3.05, 3.63) is 12.7 Å². The Hall–Kier alpha value is -0.380. The fourth-order valence-electron chi connectivity index (χ4n) is 2.27. The molecule has 1 spiro atoms. The lowest BCUT2D eigenvalue weighted by molar-refractivity contribution is -0.189. The van der Waals surface area contributed by atoms with Crippen molar-refractivity contribution in [1.29, 1.82) is 0 Å². The minimum atomic E-state index is -0.264. The van der Waals surface area contributed by atoms with Crippen molar-refractivity contribution in [3.8, 4) is 0 Å². The van der Waals surface area contributed by atoms with E-state index in [1.54, 1.807) is 0 Å². The third-order valence-corrected chi connectivity index (χ3v) is 2.96. The zero-order valence-electron chi connectivity index (χ0n) is 8.71. The Morgan fingerprint density at radius 2 is 2.14 bits per heavy atom. The third kappa shape index (κ3) is 2.16. The standard InChI is InChI=1S/C11H19NO2/c1-2-3-6-12-7-4-5-11(10-12)13-8-9-14-11/h2H,1,3-10H2. The minimum absolute atomic E-state index is 0.264. The largest absolute Gasteiger partial charge is 0.346 e. The highest BCUT2D eigenvalue weighted by atomic mass is 16.7. The Labute approximate surface area is 85.7 Å². The second kappa shape index (κ2) is 4.43. The summed E-state index contributed by atoms with van der Waals surface area (Å²) in [6.07, 6.45) is 5.25. The van der Waals surface area contributed by atoms with Gasteiger partial charge in [0.25, 0.3) is 0 Å². The number of hydrogen-bond acceptors (Lipinski definition) is 3. The molecule has 14 heavy (non-hydrogen) atoms. The summed E-state index contributed by atoms with van der Waals surface area (Å²) in [5, 5.41) is 0. The summed E-state index contributed by atoms with van der Waals surface area (Å²) in [4.78, 5) is 2.41. The summed E-state index contributed by atoms with van der Waals surface area (Å²) < 4.78 is 11.4. The molecule has 2 aliphatic rings. The molecule has 2 saturated heterocycles. The van der Waals surface area contributed by atoms with E-state index in [9.17, 15) is 0 Å². The maximum Gasteiger partial charge on any atom is 0.181 e. The fourth-order valence-corrected chi connectivity index (χ4v) is 2.27. The number of nitrogens with zero attached hydrogens (tertiary/aromatic N) is 1. The molecule has 0 unspecified atom stereocenters. The second-order valence-electron chi connectivity index (χ2n) is 4.06. The third-order valence-electron chi connectivity index (χ3n) is 2.96. The number of likely N-dealkylation sites (tertiary alicyclic amines) is 1. The average Bonchev–Trinajstić information content (AvgIpc) is 2.63. The van der Waals surface area contributed by atoms with Gasteiger partial charge in [-0.3, -0.25) is 4.90 Å². The summed E-state index contributed by atoms with van der Waals surface area (Å²) in [6, 6.07) is 0. The number of rotatable bonds is 3. The van der Waals surface area contributed by atoms with Crippen LogP contribution in [0.3, 0.4) is 0 Å². The Morgan fingerprint density at radius 1 is 1.36 bits per heavy atom. The monoisotopic (exact) mass is 197 g/mol. The molecule has 0 aromatic heterocycles. The van der Waals surface area contributed by atoms with Crippen LogP contribution in [0, 0.1) is 0 Å². The maximum atomic E-state index is 5.70. The molecular weight excluding hydrogens is 178 g/mol. The van der Waals surface area contributed by atoms with Gasteiger partial charge in [0, 0.05) is 13.0 Å². The highest BCUT2D eigenvalue weighted by molar-refractivity contribution is 4.84. The molecule has 0 N–H and O–H groups in total. The van der Waals surface area contributed by atoms with Crippen LogP contribution in [-0.2, 0) is 9.47 Å². The number of piperidine rings is 1. The Bertz CT molecular complexity index is 199. The van der Waals surface area contributed by atoms with Gasteiger partial charge in [-0.15, -0.1) is 6.58 Å². The van der Waals surface area contributed by atoms with Crippen molar-refractivity contribution < 1.29 is 9.47 Å². The smallest absolute Gasteiger partial charge is 0.181 e. The van der Waals surface area contributed by atoms with Crippen LogP contribution in [0.2, 0.25) is 0 Å². The van der Waals surface area contributed by atoms with Gasteiger partial charge < -0.3 is 9.47 Å². The van der Waals surface area contributed by atoms with E-state index in [0.29, 0.717) is 0 Å². The van der Waals surface area contributed by atoms with Gasteiger partial charge in [-0.1, -0.05) is 6.08 Å². The van der Waals surface area contributed by atoms with E-state index in [2.05, 4.69) is 11.5 Å². The van der Waals surface area contributed by atoms with Crippen molar-refractivity contribution in [2.45, 2.75) is 25.0 Å². The quantitative estimate of drug-likeness (QED) is 0.638. The van der Waals surface area contributed by atoms with Crippen molar-refractivity contribution in [3.63, 3.8) is 0 Å². The number of hydrogen-bond donors (Lipinski definition) is 0. The van der Waals surface area contributed by atoms with E-state index < -0.39 is 0 Å². The van der Waals surface area contributed by atoms with Crippen LogP contribution < -0.4 is 0 Å². The molecule has 0 bridgehead atoms. The van der Waals surface area contributed by atoms with Crippen molar-refractivity contribution in [2.75, 3.05) is 32.8 Å². The first kappa shape index (κ1) is 10.1. The molecule has 0 amide bonds. The molecule has 0 aromatic carbocycles. The summed E-state index contributed by atoms with van der Waals surface area (Å²) >= 11 is 0. The molecule has 3 heteroatoms. The molecule has 0 radical (unpaired) electrons. The molecule has 80 valence electrons. The lowest BCUT2D eigenvalue weighted by atomic mass is 10.0. The lowest BCUT2D eigenvalue weighted by Crippen LogP contribution is -2.49. The van der Waals surface area contributed by atoms with E-state index in [-0.39, 0.29) is 5.79 Å². The summed E-state index contributed by atoms with van der Waals surface area (Å²) in [5.74, 6) is -0.264. The molecule has 2 heterocycles. The highest BCUT2D eigenvalue weighted by Gasteiger charge is 2.40. The second-order valence-corrected chi connectivity index (χ2v) is 4.06. The van der Waals surface area contributed by atoms with E-state index >= 15 is 0 Å².